The van der Waals surface area contributed by atoms with Gasteiger partial charge in [0.05, 0.1) is 5.39 Å². The van der Waals surface area contributed by atoms with Gasteiger partial charge in [-0.1, -0.05) is 48.5 Å². The molecule has 0 fully saturated rings. The number of anilines is 2. The number of hydrogen-bond donors (Lipinski definition) is 2. The molecule has 1 amide bonds. The summed E-state index contributed by atoms with van der Waals surface area (Å²) in [5.74, 6) is 1.06. The summed E-state index contributed by atoms with van der Waals surface area (Å²) in [6.07, 6.45) is 0. The van der Waals surface area contributed by atoms with Crippen LogP contribution in [0.25, 0.3) is 21.3 Å². The molecule has 0 saturated carbocycles. The van der Waals surface area contributed by atoms with Crippen LogP contribution in [0.3, 0.4) is 0 Å². The van der Waals surface area contributed by atoms with Crippen LogP contribution < -0.4 is 10.6 Å². The molecule has 7 heteroatoms. The summed E-state index contributed by atoms with van der Waals surface area (Å²) in [6.45, 7) is 2.12. The fraction of sp³-hybridized carbons (Fsp3) is 0.174. The normalized spacial score (nSPS) is 11.9. The molecule has 0 radical (unpaired) electrons. The average Bonchev–Trinajstić information content (AvgIpc) is 3.19. The predicted molar refractivity (Wildman–Crippen MR) is 122 cm³/mol. The van der Waals surface area contributed by atoms with Crippen LogP contribution in [0.4, 0.5) is 11.5 Å². The lowest BCUT2D eigenvalue weighted by atomic mass is 10.1. The van der Waals surface area contributed by atoms with Crippen molar-refractivity contribution in [2.24, 2.45) is 0 Å². The molecule has 2 aromatic heterocycles. The van der Waals surface area contributed by atoms with Gasteiger partial charge in [0.2, 0.25) is 5.91 Å². The van der Waals surface area contributed by atoms with Crippen molar-refractivity contribution in [3.05, 3.63) is 71.9 Å². The maximum absolute atomic E-state index is 12.7. The molecule has 0 aliphatic rings. The van der Waals surface area contributed by atoms with E-state index in [-0.39, 0.29) is 5.91 Å². The fourth-order valence-corrected chi connectivity index (χ4v) is 4.12. The molecular weight excluding hydrogens is 396 g/mol. The Morgan fingerprint density at radius 2 is 1.77 bits per heavy atom. The molecule has 0 spiro atoms. The summed E-state index contributed by atoms with van der Waals surface area (Å²) in [5.41, 5.74) is 2.87. The number of carbonyl (C=O) groups is 1. The molecule has 30 heavy (non-hydrogen) atoms. The van der Waals surface area contributed by atoms with Crippen molar-refractivity contribution in [1.29, 1.82) is 0 Å². The molecule has 2 aromatic carbocycles. The van der Waals surface area contributed by atoms with Crippen molar-refractivity contribution >= 4 is 39.0 Å². The van der Waals surface area contributed by atoms with Gasteiger partial charge in [-0.05, 0) is 24.6 Å². The number of ether oxygens (including phenoxy) is 1. The summed E-state index contributed by atoms with van der Waals surface area (Å²) < 4.78 is 5.23. The molecule has 2 heterocycles. The topological polar surface area (TPSA) is 76.1 Å². The molecule has 0 aliphatic carbocycles. The number of amides is 1. The highest BCUT2D eigenvalue weighted by Crippen LogP contribution is 2.37. The Morgan fingerprint density at radius 1 is 1.07 bits per heavy atom. The smallest absolute Gasteiger partial charge is 0.246 e. The zero-order valence-electron chi connectivity index (χ0n) is 16.8. The van der Waals surface area contributed by atoms with Crippen molar-refractivity contribution in [3.63, 3.8) is 0 Å². The number of aromatic nitrogens is 2. The summed E-state index contributed by atoms with van der Waals surface area (Å²) in [5, 5.41) is 9.19. The fourth-order valence-electron chi connectivity index (χ4n) is 3.16. The van der Waals surface area contributed by atoms with E-state index < -0.39 is 6.04 Å². The molecule has 0 aliphatic heterocycles. The van der Waals surface area contributed by atoms with E-state index in [1.807, 2.05) is 55.5 Å². The number of hydrogen-bond acceptors (Lipinski definition) is 6. The molecule has 1 atom stereocenters. The SMILES string of the molecule is COCc1nc(NC(C)C(=O)Nc2ccccc2)c2c(-c3ccccc3)csc2n1. The first-order valence-corrected chi connectivity index (χ1v) is 10.5. The largest absolute Gasteiger partial charge is 0.377 e. The van der Waals surface area contributed by atoms with Crippen LogP contribution >= 0.6 is 11.3 Å². The van der Waals surface area contributed by atoms with Gasteiger partial charge in [-0.25, -0.2) is 9.97 Å². The number of nitrogens with one attached hydrogen (secondary N) is 2. The van der Waals surface area contributed by atoms with E-state index >= 15 is 0 Å². The van der Waals surface area contributed by atoms with Gasteiger partial charge in [0.25, 0.3) is 0 Å². The van der Waals surface area contributed by atoms with Crippen LogP contribution in [0.5, 0.6) is 0 Å². The van der Waals surface area contributed by atoms with Gasteiger partial charge in [-0.15, -0.1) is 11.3 Å². The number of benzene rings is 2. The lowest BCUT2D eigenvalue weighted by Crippen LogP contribution is -2.32. The number of thiophene rings is 1. The molecule has 2 N–H and O–H groups in total. The maximum Gasteiger partial charge on any atom is 0.246 e. The van der Waals surface area contributed by atoms with Gasteiger partial charge in [0.1, 0.15) is 23.3 Å². The second kappa shape index (κ2) is 9.02. The van der Waals surface area contributed by atoms with Gasteiger partial charge in [-0.3, -0.25) is 4.79 Å². The Kier molecular flexibility index (Phi) is 6.02. The zero-order chi connectivity index (χ0) is 20.9. The minimum absolute atomic E-state index is 0.141. The van der Waals surface area contributed by atoms with Crippen molar-refractivity contribution in [1.82, 2.24) is 9.97 Å². The first-order chi connectivity index (χ1) is 14.7. The van der Waals surface area contributed by atoms with Crippen LogP contribution in [0.2, 0.25) is 0 Å². The third-order valence-electron chi connectivity index (χ3n) is 4.63. The standard InChI is InChI=1S/C23H22N4O2S/c1-15(22(28)25-17-11-7-4-8-12-17)24-21-20-18(16-9-5-3-6-10-16)14-30-23(20)27-19(26-21)13-29-2/h3-12,14-15H,13H2,1-2H3,(H,25,28)(H,24,26,27). The molecular formula is C23H22N4O2S. The predicted octanol–water partition coefficient (Wildman–Crippen LogP) is 4.94. The van der Waals surface area contributed by atoms with Gasteiger partial charge in [-0.2, -0.15) is 0 Å². The van der Waals surface area contributed by atoms with E-state index in [2.05, 4.69) is 38.1 Å². The van der Waals surface area contributed by atoms with Crippen molar-refractivity contribution < 1.29 is 9.53 Å². The van der Waals surface area contributed by atoms with E-state index in [9.17, 15) is 4.79 Å². The first kappa shape index (κ1) is 20.0. The molecule has 152 valence electrons. The zero-order valence-corrected chi connectivity index (χ0v) is 17.6. The summed E-state index contributed by atoms with van der Waals surface area (Å²) in [6, 6.07) is 19.0. The van der Waals surface area contributed by atoms with Crippen LogP contribution in [-0.4, -0.2) is 29.0 Å². The molecule has 0 bridgehead atoms. The maximum atomic E-state index is 12.7. The highest BCUT2D eigenvalue weighted by atomic mass is 32.1. The Morgan fingerprint density at radius 3 is 2.47 bits per heavy atom. The van der Waals surface area contributed by atoms with Gasteiger partial charge in [0, 0.05) is 23.7 Å². The van der Waals surface area contributed by atoms with Crippen molar-refractivity contribution in [2.45, 2.75) is 19.6 Å². The molecule has 4 rings (SSSR count). The van der Waals surface area contributed by atoms with Gasteiger partial charge >= 0.3 is 0 Å². The van der Waals surface area contributed by atoms with E-state index in [4.69, 9.17) is 4.74 Å². The Bertz CT molecular complexity index is 1150. The molecule has 1 unspecified atom stereocenters. The number of methoxy groups -OCH3 is 1. The monoisotopic (exact) mass is 418 g/mol. The number of nitrogens with zero attached hydrogens (tertiary/aromatic N) is 2. The second-order valence-corrected chi connectivity index (χ2v) is 7.70. The minimum Gasteiger partial charge on any atom is -0.377 e. The van der Waals surface area contributed by atoms with Crippen molar-refractivity contribution in [2.75, 3.05) is 17.7 Å². The van der Waals surface area contributed by atoms with E-state index in [0.717, 1.165) is 27.0 Å². The Balaban J connectivity index is 1.69. The Hall–Kier alpha value is -3.29. The van der Waals surface area contributed by atoms with Crippen LogP contribution in [0, 0.1) is 0 Å². The molecule has 0 saturated heterocycles. The summed E-state index contributed by atoms with van der Waals surface area (Å²) >= 11 is 1.55. The first-order valence-electron chi connectivity index (χ1n) is 9.60. The van der Waals surface area contributed by atoms with Gasteiger partial charge < -0.3 is 15.4 Å². The van der Waals surface area contributed by atoms with E-state index in [1.165, 1.54) is 0 Å². The lowest BCUT2D eigenvalue weighted by molar-refractivity contribution is -0.116. The third-order valence-corrected chi connectivity index (χ3v) is 5.50. The average molecular weight is 419 g/mol. The van der Waals surface area contributed by atoms with E-state index in [0.29, 0.717) is 18.2 Å². The van der Waals surface area contributed by atoms with Crippen LogP contribution in [-0.2, 0) is 16.1 Å². The Labute approximate surface area is 179 Å². The lowest BCUT2D eigenvalue weighted by Gasteiger charge is -2.16. The number of para-hydroxylation sites is 1. The second-order valence-electron chi connectivity index (χ2n) is 6.84. The summed E-state index contributed by atoms with van der Waals surface area (Å²) in [7, 11) is 1.61. The molecule has 4 aromatic rings. The van der Waals surface area contributed by atoms with Crippen molar-refractivity contribution in [3.8, 4) is 11.1 Å². The van der Waals surface area contributed by atoms with E-state index in [1.54, 1.807) is 18.4 Å². The highest BCUT2D eigenvalue weighted by Gasteiger charge is 2.19. The molecule has 6 nitrogen and oxygen atoms in total. The number of carbonyl (C=O) groups excluding carboxylic acids is 1. The van der Waals surface area contributed by atoms with Gasteiger partial charge in [0.15, 0.2) is 5.82 Å². The number of rotatable bonds is 7. The summed E-state index contributed by atoms with van der Waals surface area (Å²) in [4.78, 5) is 22.9. The quantitative estimate of drug-likeness (QED) is 0.444. The number of fused-ring (bicyclic) bond motifs is 1. The highest BCUT2D eigenvalue weighted by molar-refractivity contribution is 7.17. The minimum atomic E-state index is -0.498. The van der Waals surface area contributed by atoms with Crippen LogP contribution in [0.1, 0.15) is 12.7 Å². The van der Waals surface area contributed by atoms with Crippen LogP contribution in [0.15, 0.2) is 66.0 Å². The third kappa shape index (κ3) is 4.32.